The summed E-state index contributed by atoms with van der Waals surface area (Å²) in [5.41, 5.74) is 8.77. The van der Waals surface area contributed by atoms with Crippen LogP contribution in [0.25, 0.3) is 0 Å². The van der Waals surface area contributed by atoms with Crippen molar-refractivity contribution in [2.75, 3.05) is 7.11 Å². The molecule has 0 amide bonds. The summed E-state index contributed by atoms with van der Waals surface area (Å²) in [7, 11) is 1.72. The Kier molecular flexibility index (Phi) is 2.27. The minimum Gasteiger partial charge on any atom is -0.496 e. The molecule has 1 fully saturated rings. The number of nitrogens with two attached hydrogens (primary N) is 1. The second kappa shape index (κ2) is 3.24. The number of ether oxygens (including phenoxy) is 1. The van der Waals surface area contributed by atoms with Crippen molar-refractivity contribution in [3.05, 3.63) is 29.3 Å². The van der Waals surface area contributed by atoms with E-state index in [0.717, 1.165) is 5.75 Å². The first kappa shape index (κ1) is 10.5. The van der Waals surface area contributed by atoms with Crippen LogP contribution in [0.2, 0.25) is 0 Å². The summed E-state index contributed by atoms with van der Waals surface area (Å²) in [6.07, 6.45) is 0. The SMILES string of the molecule is COc1cc(C)ccc1C1C(N)C1(C)C. The lowest BCUT2D eigenvalue weighted by Gasteiger charge is -2.10. The minimum absolute atomic E-state index is 0.211. The third-order valence-electron chi connectivity index (χ3n) is 3.63. The molecule has 2 atom stereocenters. The van der Waals surface area contributed by atoms with Crippen molar-refractivity contribution < 1.29 is 4.74 Å². The van der Waals surface area contributed by atoms with Gasteiger partial charge in [0.05, 0.1) is 7.11 Å². The van der Waals surface area contributed by atoms with Crippen molar-refractivity contribution in [2.24, 2.45) is 11.1 Å². The van der Waals surface area contributed by atoms with Crippen LogP contribution in [-0.2, 0) is 0 Å². The van der Waals surface area contributed by atoms with Crippen LogP contribution >= 0.6 is 0 Å². The van der Waals surface area contributed by atoms with Gasteiger partial charge in [0.15, 0.2) is 0 Å². The molecule has 0 saturated heterocycles. The summed E-state index contributed by atoms with van der Waals surface area (Å²) >= 11 is 0. The van der Waals surface area contributed by atoms with Gasteiger partial charge in [-0.1, -0.05) is 26.0 Å². The molecule has 0 aliphatic heterocycles. The van der Waals surface area contributed by atoms with E-state index in [9.17, 15) is 0 Å². The summed E-state index contributed by atoms with van der Waals surface area (Å²) in [6, 6.07) is 6.61. The molecule has 2 nitrogen and oxygen atoms in total. The van der Waals surface area contributed by atoms with E-state index in [1.165, 1.54) is 11.1 Å². The number of methoxy groups -OCH3 is 1. The summed E-state index contributed by atoms with van der Waals surface area (Å²) < 4.78 is 5.41. The van der Waals surface area contributed by atoms with Crippen LogP contribution in [0.3, 0.4) is 0 Å². The Bertz CT molecular complexity index is 384. The van der Waals surface area contributed by atoms with Crippen LogP contribution in [0.1, 0.15) is 30.9 Å². The van der Waals surface area contributed by atoms with Crippen LogP contribution in [-0.4, -0.2) is 13.2 Å². The molecule has 1 saturated carbocycles. The fourth-order valence-electron chi connectivity index (χ4n) is 2.35. The van der Waals surface area contributed by atoms with Crippen molar-refractivity contribution in [3.63, 3.8) is 0 Å². The van der Waals surface area contributed by atoms with Gasteiger partial charge in [-0.25, -0.2) is 0 Å². The first-order chi connectivity index (χ1) is 6.98. The smallest absolute Gasteiger partial charge is 0.122 e. The van der Waals surface area contributed by atoms with Crippen molar-refractivity contribution in [1.29, 1.82) is 0 Å². The highest BCUT2D eigenvalue weighted by Gasteiger charge is 2.57. The lowest BCUT2D eigenvalue weighted by molar-refractivity contribution is 0.407. The number of rotatable bonds is 2. The maximum absolute atomic E-state index is 6.08. The van der Waals surface area contributed by atoms with Gasteiger partial charge in [-0.05, 0) is 29.5 Å². The highest BCUT2D eigenvalue weighted by Crippen LogP contribution is 2.59. The molecule has 1 aromatic rings. The zero-order valence-corrected chi connectivity index (χ0v) is 9.87. The highest BCUT2D eigenvalue weighted by molar-refractivity contribution is 5.45. The van der Waals surface area contributed by atoms with E-state index >= 15 is 0 Å². The van der Waals surface area contributed by atoms with E-state index in [0.29, 0.717) is 5.92 Å². The van der Waals surface area contributed by atoms with Gasteiger partial charge in [-0.15, -0.1) is 0 Å². The van der Waals surface area contributed by atoms with Gasteiger partial charge < -0.3 is 10.5 Å². The first-order valence-electron chi connectivity index (χ1n) is 5.38. The van der Waals surface area contributed by atoms with E-state index in [1.807, 2.05) is 0 Å². The maximum atomic E-state index is 6.08. The molecular weight excluding hydrogens is 186 g/mol. The van der Waals surface area contributed by atoms with Crippen LogP contribution in [0.5, 0.6) is 5.75 Å². The fourth-order valence-corrected chi connectivity index (χ4v) is 2.35. The van der Waals surface area contributed by atoms with Crippen molar-refractivity contribution in [1.82, 2.24) is 0 Å². The molecule has 15 heavy (non-hydrogen) atoms. The Morgan fingerprint density at radius 3 is 2.40 bits per heavy atom. The molecule has 0 spiro atoms. The van der Waals surface area contributed by atoms with Crippen LogP contribution in [0.15, 0.2) is 18.2 Å². The molecule has 2 N–H and O–H groups in total. The van der Waals surface area contributed by atoms with Crippen LogP contribution < -0.4 is 10.5 Å². The zero-order valence-electron chi connectivity index (χ0n) is 9.87. The van der Waals surface area contributed by atoms with E-state index < -0.39 is 0 Å². The average Bonchev–Trinajstić information content (AvgIpc) is 2.67. The second-order valence-electron chi connectivity index (χ2n) is 5.07. The lowest BCUT2D eigenvalue weighted by Crippen LogP contribution is -2.06. The first-order valence-corrected chi connectivity index (χ1v) is 5.38. The maximum Gasteiger partial charge on any atom is 0.122 e. The van der Waals surface area contributed by atoms with Gasteiger partial charge in [0.2, 0.25) is 0 Å². The molecule has 0 aromatic heterocycles. The van der Waals surface area contributed by atoms with Gasteiger partial charge in [0.1, 0.15) is 5.75 Å². The van der Waals surface area contributed by atoms with Crippen molar-refractivity contribution in [3.8, 4) is 5.75 Å². The fraction of sp³-hybridized carbons (Fsp3) is 0.538. The van der Waals surface area contributed by atoms with Crippen molar-refractivity contribution in [2.45, 2.75) is 32.7 Å². The number of hydrogen-bond donors (Lipinski definition) is 1. The monoisotopic (exact) mass is 205 g/mol. The summed E-state index contributed by atoms with van der Waals surface area (Å²) in [5, 5.41) is 0. The van der Waals surface area contributed by atoms with Gasteiger partial charge in [-0.3, -0.25) is 0 Å². The topological polar surface area (TPSA) is 35.2 Å². The van der Waals surface area contributed by atoms with Gasteiger partial charge in [0.25, 0.3) is 0 Å². The molecule has 2 heteroatoms. The standard InChI is InChI=1S/C13H19NO/c1-8-5-6-9(10(7-8)15-4)11-12(14)13(11,2)3/h5-7,11-12H,14H2,1-4H3. The van der Waals surface area contributed by atoms with Gasteiger partial charge in [-0.2, -0.15) is 0 Å². The molecule has 0 heterocycles. The molecule has 2 rings (SSSR count). The van der Waals surface area contributed by atoms with Crippen LogP contribution in [0.4, 0.5) is 0 Å². The van der Waals surface area contributed by atoms with E-state index in [4.69, 9.17) is 10.5 Å². The van der Waals surface area contributed by atoms with E-state index in [2.05, 4.69) is 39.0 Å². The predicted molar refractivity (Wildman–Crippen MR) is 62.2 cm³/mol. The number of aryl methyl sites for hydroxylation is 1. The molecule has 82 valence electrons. The normalized spacial score (nSPS) is 27.5. The van der Waals surface area contributed by atoms with Crippen LogP contribution in [0, 0.1) is 12.3 Å². The molecular formula is C13H19NO. The molecule has 0 radical (unpaired) electrons. The van der Waals surface area contributed by atoms with E-state index in [1.54, 1.807) is 7.11 Å². The van der Waals surface area contributed by atoms with E-state index in [-0.39, 0.29) is 11.5 Å². The highest BCUT2D eigenvalue weighted by atomic mass is 16.5. The van der Waals surface area contributed by atoms with Crippen molar-refractivity contribution >= 4 is 0 Å². The predicted octanol–water partition coefficient (Wildman–Crippen LogP) is 2.45. The third-order valence-corrected chi connectivity index (χ3v) is 3.63. The molecule has 1 aliphatic carbocycles. The quantitative estimate of drug-likeness (QED) is 0.805. The third kappa shape index (κ3) is 1.53. The Labute approximate surface area is 91.4 Å². The molecule has 2 unspecified atom stereocenters. The van der Waals surface area contributed by atoms with Gasteiger partial charge in [0, 0.05) is 12.0 Å². The lowest BCUT2D eigenvalue weighted by atomic mass is 10.0. The molecule has 0 bridgehead atoms. The summed E-state index contributed by atoms with van der Waals surface area (Å²) in [6.45, 7) is 6.49. The largest absolute Gasteiger partial charge is 0.496 e. The number of benzene rings is 1. The average molecular weight is 205 g/mol. The Balaban J connectivity index is 2.38. The zero-order chi connectivity index (χ0) is 11.2. The summed E-state index contributed by atoms with van der Waals surface area (Å²) in [5.74, 6) is 1.41. The second-order valence-corrected chi connectivity index (χ2v) is 5.07. The van der Waals surface area contributed by atoms with Gasteiger partial charge >= 0.3 is 0 Å². The Morgan fingerprint density at radius 2 is 1.93 bits per heavy atom. The Hall–Kier alpha value is -1.02. The number of hydrogen-bond acceptors (Lipinski definition) is 2. The molecule has 1 aromatic carbocycles. The Morgan fingerprint density at radius 1 is 1.33 bits per heavy atom. The molecule has 1 aliphatic rings. The minimum atomic E-state index is 0.211. The summed E-state index contributed by atoms with van der Waals surface area (Å²) in [4.78, 5) is 0.